The van der Waals surface area contributed by atoms with Gasteiger partial charge in [-0.2, -0.15) is 0 Å². The molecule has 0 unspecified atom stereocenters. The Kier molecular flexibility index (Phi) is 3.34. The number of rotatable bonds is 4. The average Bonchev–Trinajstić information content (AvgIpc) is 2.83. The van der Waals surface area contributed by atoms with Gasteiger partial charge in [0.2, 0.25) is 11.6 Å². The van der Waals surface area contributed by atoms with Crippen LogP contribution >= 0.6 is 0 Å². The van der Waals surface area contributed by atoms with Gasteiger partial charge in [0.1, 0.15) is 6.61 Å². The number of nitrogens with one attached hydrogen (secondary N) is 1. The first kappa shape index (κ1) is 12.4. The van der Waals surface area contributed by atoms with Crippen LogP contribution < -0.4 is 11.1 Å². The van der Waals surface area contributed by atoms with Crippen LogP contribution in [0.5, 0.6) is 0 Å². The van der Waals surface area contributed by atoms with Gasteiger partial charge in [-0.15, -0.1) is 0 Å². The van der Waals surface area contributed by atoms with Crippen molar-refractivity contribution in [2.45, 2.75) is 18.9 Å². The summed E-state index contributed by atoms with van der Waals surface area (Å²) in [5.74, 6) is 0.495. The summed E-state index contributed by atoms with van der Waals surface area (Å²) in [4.78, 5) is 14.1. The molecule has 104 valence electrons. The highest BCUT2D eigenvalue weighted by atomic mass is 16.6. The molecule has 3 aliphatic rings. The second kappa shape index (κ2) is 5.14. The summed E-state index contributed by atoms with van der Waals surface area (Å²) < 4.78 is 10.1. The third-order valence-electron chi connectivity index (χ3n) is 3.80. The van der Waals surface area contributed by atoms with Crippen LogP contribution in [0.4, 0.5) is 11.6 Å². The predicted molar refractivity (Wildman–Crippen MR) is 66.2 cm³/mol. The first-order valence-electron chi connectivity index (χ1n) is 6.44. The molecule has 8 heteroatoms. The van der Waals surface area contributed by atoms with E-state index in [0.29, 0.717) is 5.92 Å². The summed E-state index contributed by atoms with van der Waals surface area (Å²) in [6, 6.07) is 0. The lowest BCUT2D eigenvalue weighted by Crippen LogP contribution is -2.51. The number of anilines is 2. The zero-order chi connectivity index (χ0) is 13.2. The van der Waals surface area contributed by atoms with E-state index in [0.717, 1.165) is 32.5 Å². The zero-order valence-electron chi connectivity index (χ0n) is 10.5. The number of nitrogens with zero attached hydrogens (tertiary/aromatic N) is 3. The molecular formula is C11H17N5O3. The molecular weight excluding hydrogens is 250 g/mol. The molecule has 2 bridgehead atoms. The minimum Gasteiger partial charge on any atom is -0.378 e. The van der Waals surface area contributed by atoms with E-state index in [2.05, 4.69) is 25.2 Å². The molecule has 1 aromatic rings. The van der Waals surface area contributed by atoms with Crippen molar-refractivity contribution < 1.29 is 14.2 Å². The maximum atomic E-state index is 11.7. The third kappa shape index (κ3) is 2.69. The molecule has 3 aliphatic heterocycles. The fourth-order valence-corrected chi connectivity index (χ4v) is 2.73. The number of carbonyl (C=O) groups excluding carboxylic acids is 1. The summed E-state index contributed by atoms with van der Waals surface area (Å²) in [5.41, 5.74) is 5.45. The molecule has 0 saturated carbocycles. The van der Waals surface area contributed by atoms with Crippen molar-refractivity contribution in [3.8, 4) is 0 Å². The van der Waals surface area contributed by atoms with Crippen molar-refractivity contribution in [1.29, 1.82) is 0 Å². The Morgan fingerprint density at radius 3 is 2.84 bits per heavy atom. The van der Waals surface area contributed by atoms with Gasteiger partial charge in [0.05, 0.1) is 6.10 Å². The lowest BCUT2D eigenvalue weighted by Gasteiger charge is -2.44. The molecule has 19 heavy (non-hydrogen) atoms. The lowest BCUT2D eigenvalue weighted by molar-refractivity contribution is -0.128. The van der Waals surface area contributed by atoms with Crippen LogP contribution in [0.1, 0.15) is 12.8 Å². The van der Waals surface area contributed by atoms with Crippen molar-refractivity contribution in [2.24, 2.45) is 5.92 Å². The topological polar surface area (TPSA) is 107 Å². The molecule has 1 amide bonds. The molecule has 1 atom stereocenters. The maximum Gasteiger partial charge on any atom is 0.251 e. The smallest absolute Gasteiger partial charge is 0.251 e. The normalized spacial score (nSPS) is 29.4. The van der Waals surface area contributed by atoms with E-state index in [1.54, 1.807) is 0 Å². The number of piperidine rings is 3. The van der Waals surface area contributed by atoms with Crippen LogP contribution in [0.3, 0.4) is 0 Å². The molecule has 3 saturated heterocycles. The number of nitrogens with two attached hydrogens (primary N) is 1. The largest absolute Gasteiger partial charge is 0.378 e. The highest BCUT2D eigenvalue weighted by Crippen LogP contribution is 2.29. The van der Waals surface area contributed by atoms with Gasteiger partial charge >= 0.3 is 0 Å². The highest BCUT2D eigenvalue weighted by Gasteiger charge is 2.34. The van der Waals surface area contributed by atoms with Crippen LogP contribution in [0.25, 0.3) is 0 Å². The van der Waals surface area contributed by atoms with Crippen LogP contribution in [0.15, 0.2) is 4.63 Å². The Morgan fingerprint density at radius 1 is 1.47 bits per heavy atom. The van der Waals surface area contributed by atoms with Crippen LogP contribution in [0, 0.1) is 5.92 Å². The van der Waals surface area contributed by atoms with Crippen LogP contribution in [-0.4, -0.2) is 53.5 Å². The van der Waals surface area contributed by atoms with Crippen molar-refractivity contribution in [1.82, 2.24) is 15.2 Å². The van der Waals surface area contributed by atoms with Crippen LogP contribution in [-0.2, 0) is 9.53 Å². The molecule has 0 spiro atoms. The number of hydrogen-bond donors (Lipinski definition) is 2. The van der Waals surface area contributed by atoms with Crippen molar-refractivity contribution in [3.05, 3.63) is 0 Å². The standard InChI is InChI=1S/C11H17N5O3/c12-10-11(15-19-14-10)13-9(17)6-18-8-5-16-3-1-7(8)2-4-16/h7-8H,1-6H2,(H2,12,14)(H,13,15,17)/t8-/m0/s1. The minimum absolute atomic E-state index is 0.00130. The molecule has 4 heterocycles. The molecule has 8 nitrogen and oxygen atoms in total. The number of fused-ring (bicyclic) bond motifs is 3. The van der Waals surface area contributed by atoms with Crippen molar-refractivity contribution in [2.75, 3.05) is 37.3 Å². The second-order valence-electron chi connectivity index (χ2n) is 5.03. The predicted octanol–water partition coefficient (Wildman–Crippen LogP) is -0.299. The fraction of sp³-hybridized carbons (Fsp3) is 0.727. The highest BCUT2D eigenvalue weighted by molar-refractivity contribution is 5.92. The monoisotopic (exact) mass is 267 g/mol. The maximum absolute atomic E-state index is 11.7. The van der Waals surface area contributed by atoms with E-state index in [9.17, 15) is 4.79 Å². The minimum atomic E-state index is -0.293. The fourth-order valence-electron chi connectivity index (χ4n) is 2.73. The molecule has 3 fully saturated rings. The Bertz CT molecular complexity index is 455. The van der Waals surface area contributed by atoms with E-state index in [-0.39, 0.29) is 30.3 Å². The van der Waals surface area contributed by atoms with E-state index in [1.165, 1.54) is 0 Å². The van der Waals surface area contributed by atoms with E-state index < -0.39 is 0 Å². The number of amides is 1. The van der Waals surface area contributed by atoms with Crippen LogP contribution in [0.2, 0.25) is 0 Å². The van der Waals surface area contributed by atoms with Gasteiger partial charge in [-0.25, -0.2) is 4.63 Å². The van der Waals surface area contributed by atoms with Gasteiger partial charge in [-0.1, -0.05) is 0 Å². The Hall–Kier alpha value is -1.67. The van der Waals surface area contributed by atoms with Gasteiger partial charge in [-0.05, 0) is 42.2 Å². The van der Waals surface area contributed by atoms with Gasteiger partial charge in [0.15, 0.2) is 0 Å². The third-order valence-corrected chi connectivity index (χ3v) is 3.80. The number of aromatic nitrogens is 2. The first-order valence-corrected chi connectivity index (χ1v) is 6.44. The molecule has 3 N–H and O–H groups in total. The summed E-state index contributed by atoms with van der Waals surface area (Å²) >= 11 is 0. The molecule has 0 aliphatic carbocycles. The van der Waals surface area contributed by atoms with E-state index >= 15 is 0 Å². The first-order chi connectivity index (χ1) is 9.22. The Morgan fingerprint density at radius 2 is 2.26 bits per heavy atom. The molecule has 4 rings (SSSR count). The number of nitrogen functional groups attached to an aromatic ring is 1. The Labute approximate surface area is 110 Å². The summed E-state index contributed by atoms with van der Waals surface area (Å²) in [6.07, 6.45) is 2.47. The van der Waals surface area contributed by atoms with Gasteiger partial charge in [0.25, 0.3) is 5.91 Å². The second-order valence-corrected chi connectivity index (χ2v) is 5.03. The summed E-state index contributed by atoms with van der Waals surface area (Å²) in [7, 11) is 0. The molecule has 1 aromatic heterocycles. The average molecular weight is 267 g/mol. The van der Waals surface area contributed by atoms with E-state index in [4.69, 9.17) is 10.5 Å². The SMILES string of the molecule is Nc1nonc1NC(=O)CO[C@H]1CN2CCC1CC2. The lowest BCUT2D eigenvalue weighted by atomic mass is 9.86. The summed E-state index contributed by atoms with van der Waals surface area (Å²) in [6.45, 7) is 3.22. The Balaban J connectivity index is 1.47. The van der Waals surface area contributed by atoms with Gasteiger partial charge < -0.3 is 20.7 Å². The number of hydrogen-bond acceptors (Lipinski definition) is 7. The summed E-state index contributed by atoms with van der Waals surface area (Å²) in [5, 5.41) is 9.37. The van der Waals surface area contributed by atoms with Crippen molar-refractivity contribution >= 4 is 17.5 Å². The molecule has 0 aromatic carbocycles. The quantitative estimate of drug-likeness (QED) is 0.771. The van der Waals surface area contributed by atoms with Crippen molar-refractivity contribution in [3.63, 3.8) is 0 Å². The number of ether oxygens (including phenoxy) is 1. The number of carbonyl (C=O) groups is 1. The zero-order valence-corrected chi connectivity index (χ0v) is 10.5. The molecule has 0 radical (unpaired) electrons. The van der Waals surface area contributed by atoms with E-state index in [1.807, 2.05) is 0 Å². The van der Waals surface area contributed by atoms with Gasteiger partial charge in [-0.3, -0.25) is 4.79 Å². The van der Waals surface area contributed by atoms with Gasteiger partial charge in [0, 0.05) is 6.54 Å².